The van der Waals surface area contributed by atoms with E-state index in [9.17, 15) is 19.5 Å². The number of rotatable bonds is 6. The van der Waals surface area contributed by atoms with E-state index in [0.717, 1.165) is 31.4 Å². The minimum atomic E-state index is -0.668. The molecule has 0 aromatic carbocycles. The van der Waals surface area contributed by atoms with Crippen LogP contribution in [0.4, 0.5) is 0 Å². The quantitative estimate of drug-likeness (QED) is 0.725. The molecule has 0 spiro atoms. The molecular formula is C24H33N3O4. The summed E-state index contributed by atoms with van der Waals surface area (Å²) in [6.07, 6.45) is 8.55. The number of amides is 2. The van der Waals surface area contributed by atoms with Gasteiger partial charge < -0.3 is 19.9 Å². The number of aliphatic hydroxyl groups is 1. The Bertz CT molecular complexity index is 902. The van der Waals surface area contributed by atoms with Crippen LogP contribution in [0.15, 0.2) is 23.0 Å². The minimum Gasteiger partial charge on any atom is -0.396 e. The molecule has 2 aliphatic carbocycles. The predicted molar refractivity (Wildman–Crippen MR) is 115 cm³/mol. The van der Waals surface area contributed by atoms with Gasteiger partial charge in [0.05, 0.1) is 6.04 Å². The Kier molecular flexibility index (Phi) is 5.63. The van der Waals surface area contributed by atoms with Gasteiger partial charge in [-0.05, 0) is 43.6 Å². The highest BCUT2D eigenvalue weighted by Gasteiger charge is 2.57. The lowest BCUT2D eigenvalue weighted by Gasteiger charge is -2.32. The summed E-state index contributed by atoms with van der Waals surface area (Å²) in [4.78, 5) is 40.9. The normalized spacial score (nSPS) is 30.2. The molecule has 7 heteroatoms. The van der Waals surface area contributed by atoms with Crippen LogP contribution in [0, 0.1) is 23.7 Å². The van der Waals surface area contributed by atoms with Crippen molar-refractivity contribution >= 4 is 11.8 Å². The van der Waals surface area contributed by atoms with E-state index in [1.807, 2.05) is 6.07 Å². The molecule has 3 heterocycles. The maximum Gasteiger partial charge on any atom is 0.250 e. The second kappa shape index (κ2) is 8.41. The van der Waals surface area contributed by atoms with Crippen molar-refractivity contribution in [2.45, 2.75) is 70.0 Å². The first-order valence-corrected chi connectivity index (χ1v) is 12.0. The monoisotopic (exact) mass is 427 g/mol. The molecule has 1 saturated heterocycles. The van der Waals surface area contributed by atoms with Gasteiger partial charge in [0.15, 0.2) is 0 Å². The Morgan fingerprint density at radius 1 is 1.06 bits per heavy atom. The van der Waals surface area contributed by atoms with Gasteiger partial charge in [0.2, 0.25) is 11.8 Å². The van der Waals surface area contributed by atoms with Gasteiger partial charge >= 0.3 is 0 Å². The number of aromatic nitrogens is 1. The first kappa shape index (κ1) is 20.7. The average molecular weight is 428 g/mol. The molecule has 2 aliphatic heterocycles. The summed E-state index contributed by atoms with van der Waals surface area (Å²) in [6, 6.07) is 4.16. The molecule has 1 aromatic heterocycles. The average Bonchev–Trinajstić information content (AvgIpc) is 3.41. The van der Waals surface area contributed by atoms with Gasteiger partial charge in [-0.2, -0.15) is 0 Å². The maximum atomic E-state index is 13.4. The maximum absolute atomic E-state index is 13.4. The molecule has 4 aliphatic rings. The van der Waals surface area contributed by atoms with Crippen LogP contribution in [0.5, 0.6) is 0 Å². The number of carbonyl (C=O) groups excluding carboxylic acids is 2. The second-order valence-electron chi connectivity index (χ2n) is 10.00. The van der Waals surface area contributed by atoms with Crippen molar-refractivity contribution in [3.63, 3.8) is 0 Å². The lowest BCUT2D eigenvalue weighted by atomic mass is 9.87. The largest absolute Gasteiger partial charge is 0.396 e. The molecule has 1 aromatic rings. The third-order valence-corrected chi connectivity index (χ3v) is 7.96. The molecule has 168 valence electrons. The molecule has 0 bridgehead atoms. The van der Waals surface area contributed by atoms with Crippen molar-refractivity contribution in [2.75, 3.05) is 13.2 Å². The van der Waals surface area contributed by atoms with Crippen LogP contribution in [-0.4, -0.2) is 45.6 Å². The zero-order valence-electron chi connectivity index (χ0n) is 18.0. The molecule has 3 fully saturated rings. The van der Waals surface area contributed by atoms with E-state index in [1.165, 1.54) is 25.3 Å². The third-order valence-electron chi connectivity index (χ3n) is 7.96. The summed E-state index contributed by atoms with van der Waals surface area (Å²) >= 11 is 0. The Labute approximate surface area is 182 Å². The van der Waals surface area contributed by atoms with Crippen LogP contribution in [-0.2, 0) is 16.1 Å². The molecule has 5 rings (SSSR count). The van der Waals surface area contributed by atoms with Crippen molar-refractivity contribution in [2.24, 2.45) is 23.7 Å². The number of hydrogen-bond donors (Lipinski definition) is 2. The summed E-state index contributed by atoms with van der Waals surface area (Å²) in [6.45, 7) is 0.923. The van der Waals surface area contributed by atoms with Crippen LogP contribution < -0.4 is 10.9 Å². The SMILES string of the molecule is O=C(NCC1CCCCC1)[C@@H]1[C@@H](CO)[C@@H]2Cn3c(cccc3=O)[C@@H]2N1C(=O)CC1CC1. The van der Waals surface area contributed by atoms with Gasteiger partial charge in [-0.3, -0.25) is 14.4 Å². The predicted octanol–water partition coefficient (Wildman–Crippen LogP) is 1.84. The third kappa shape index (κ3) is 3.81. The summed E-state index contributed by atoms with van der Waals surface area (Å²) in [5.41, 5.74) is 0.708. The fraction of sp³-hybridized carbons (Fsp3) is 0.708. The van der Waals surface area contributed by atoms with Crippen molar-refractivity contribution in [1.82, 2.24) is 14.8 Å². The van der Waals surface area contributed by atoms with Crippen LogP contribution in [0.1, 0.15) is 63.1 Å². The van der Waals surface area contributed by atoms with Crippen LogP contribution in [0.25, 0.3) is 0 Å². The molecular weight excluding hydrogens is 394 g/mol. The Hall–Kier alpha value is -2.15. The Morgan fingerprint density at radius 2 is 1.84 bits per heavy atom. The number of nitrogens with zero attached hydrogens (tertiary/aromatic N) is 2. The Balaban J connectivity index is 1.43. The van der Waals surface area contributed by atoms with Gasteiger partial charge in [-0.15, -0.1) is 0 Å². The van der Waals surface area contributed by atoms with E-state index in [2.05, 4.69) is 5.32 Å². The summed E-state index contributed by atoms with van der Waals surface area (Å²) < 4.78 is 1.71. The van der Waals surface area contributed by atoms with Crippen molar-refractivity contribution in [3.05, 3.63) is 34.2 Å². The number of likely N-dealkylation sites (tertiary alicyclic amines) is 1. The van der Waals surface area contributed by atoms with E-state index in [-0.39, 0.29) is 41.9 Å². The molecule has 7 nitrogen and oxygen atoms in total. The first-order valence-electron chi connectivity index (χ1n) is 12.0. The summed E-state index contributed by atoms with van der Waals surface area (Å²) in [7, 11) is 0. The number of carbonyl (C=O) groups is 2. The lowest BCUT2D eigenvalue weighted by molar-refractivity contribution is -0.142. The number of hydrogen-bond acceptors (Lipinski definition) is 4. The van der Waals surface area contributed by atoms with Crippen LogP contribution in [0.2, 0.25) is 0 Å². The molecule has 2 amide bonds. The number of aliphatic hydroxyl groups excluding tert-OH is 1. The summed E-state index contributed by atoms with van der Waals surface area (Å²) in [5, 5.41) is 13.4. The van der Waals surface area contributed by atoms with Crippen LogP contribution >= 0.6 is 0 Å². The number of fused-ring (bicyclic) bond motifs is 3. The Morgan fingerprint density at radius 3 is 2.55 bits per heavy atom. The molecule has 2 saturated carbocycles. The van der Waals surface area contributed by atoms with Gasteiger partial charge in [0.1, 0.15) is 6.04 Å². The van der Waals surface area contributed by atoms with Gasteiger partial charge in [0.25, 0.3) is 5.56 Å². The zero-order chi connectivity index (χ0) is 21.5. The highest BCUT2D eigenvalue weighted by molar-refractivity contribution is 5.89. The zero-order valence-corrected chi connectivity index (χ0v) is 18.0. The van der Waals surface area contributed by atoms with E-state index in [0.29, 0.717) is 31.3 Å². The molecule has 0 radical (unpaired) electrons. The first-order chi connectivity index (χ1) is 15.1. The summed E-state index contributed by atoms with van der Waals surface area (Å²) in [5.74, 6) is 0.266. The second-order valence-corrected chi connectivity index (χ2v) is 10.00. The van der Waals surface area contributed by atoms with E-state index >= 15 is 0 Å². The van der Waals surface area contributed by atoms with E-state index in [1.54, 1.807) is 15.5 Å². The minimum absolute atomic E-state index is 0.0176. The molecule has 2 N–H and O–H groups in total. The number of nitrogens with one attached hydrogen (secondary N) is 1. The smallest absolute Gasteiger partial charge is 0.250 e. The van der Waals surface area contributed by atoms with Crippen molar-refractivity contribution < 1.29 is 14.7 Å². The topological polar surface area (TPSA) is 91.6 Å². The van der Waals surface area contributed by atoms with E-state index < -0.39 is 6.04 Å². The molecule has 31 heavy (non-hydrogen) atoms. The molecule has 0 unspecified atom stereocenters. The highest BCUT2D eigenvalue weighted by atomic mass is 16.3. The lowest BCUT2D eigenvalue weighted by Crippen LogP contribution is -2.51. The van der Waals surface area contributed by atoms with Crippen molar-refractivity contribution in [1.29, 1.82) is 0 Å². The fourth-order valence-electron chi connectivity index (χ4n) is 6.13. The van der Waals surface area contributed by atoms with Crippen molar-refractivity contribution in [3.8, 4) is 0 Å². The van der Waals surface area contributed by atoms with Gasteiger partial charge in [0, 0.05) is 49.7 Å². The standard InChI is InChI=1S/C24H33N3O4/c28-14-18-17-13-26-19(7-4-8-20(26)29)22(17)27(21(30)11-15-9-10-15)23(18)24(31)25-12-16-5-2-1-3-6-16/h4,7-8,15-18,22-23,28H,1-3,5-6,9-14H2,(H,25,31)/t17-,18-,22+,23-/m0/s1. The fourth-order valence-corrected chi connectivity index (χ4v) is 6.13. The van der Waals surface area contributed by atoms with E-state index in [4.69, 9.17) is 0 Å². The van der Waals surface area contributed by atoms with Gasteiger partial charge in [-0.25, -0.2) is 0 Å². The highest BCUT2D eigenvalue weighted by Crippen LogP contribution is 2.50. The van der Waals surface area contributed by atoms with Crippen LogP contribution in [0.3, 0.4) is 0 Å². The number of pyridine rings is 1. The van der Waals surface area contributed by atoms with Gasteiger partial charge in [-0.1, -0.05) is 25.3 Å². The molecule has 4 atom stereocenters.